The van der Waals surface area contributed by atoms with E-state index in [4.69, 9.17) is 27.3 Å². The van der Waals surface area contributed by atoms with E-state index in [-0.39, 0.29) is 35.3 Å². The van der Waals surface area contributed by atoms with Gasteiger partial charge in [-0.2, -0.15) is 5.26 Å². The zero-order valence-electron chi connectivity index (χ0n) is 15.8. The van der Waals surface area contributed by atoms with Gasteiger partial charge in [0.1, 0.15) is 0 Å². The van der Waals surface area contributed by atoms with Gasteiger partial charge in [-0.25, -0.2) is 4.39 Å². The van der Waals surface area contributed by atoms with Crippen molar-refractivity contribution in [2.45, 2.75) is 13.3 Å². The minimum atomic E-state index is -0.793. The molecule has 1 fully saturated rings. The summed E-state index contributed by atoms with van der Waals surface area (Å²) in [6.45, 7) is 2.96. The summed E-state index contributed by atoms with van der Waals surface area (Å²) < 4.78 is 20.6. The van der Waals surface area contributed by atoms with Gasteiger partial charge in [0, 0.05) is 18.7 Å². The van der Waals surface area contributed by atoms with Crippen molar-refractivity contribution in [2.75, 3.05) is 26.7 Å². The summed E-state index contributed by atoms with van der Waals surface area (Å²) in [5, 5.41) is 8.90. The Hall–Kier alpha value is -2.62. The molecule has 1 heterocycles. The van der Waals surface area contributed by atoms with Gasteiger partial charge < -0.3 is 15.4 Å². The van der Waals surface area contributed by atoms with Crippen molar-refractivity contribution in [3.05, 3.63) is 51.8 Å². The van der Waals surface area contributed by atoms with Crippen LogP contribution >= 0.6 is 11.6 Å². The molecule has 0 saturated carbocycles. The van der Waals surface area contributed by atoms with Crippen molar-refractivity contribution in [3.63, 3.8) is 0 Å². The number of amides is 1. The number of likely N-dealkylation sites (tertiary alicyclic amines) is 1. The van der Waals surface area contributed by atoms with Crippen LogP contribution in [0.25, 0.3) is 11.1 Å². The van der Waals surface area contributed by atoms with E-state index in [0.29, 0.717) is 18.5 Å². The first-order valence-corrected chi connectivity index (χ1v) is 9.33. The van der Waals surface area contributed by atoms with Gasteiger partial charge in [0.15, 0.2) is 11.6 Å². The van der Waals surface area contributed by atoms with E-state index in [1.807, 2.05) is 25.1 Å². The number of hydrogen-bond donors (Lipinski definition) is 1. The largest absolute Gasteiger partial charge is 0.493 e. The van der Waals surface area contributed by atoms with E-state index in [2.05, 4.69) is 6.07 Å². The summed E-state index contributed by atoms with van der Waals surface area (Å²) in [7, 11) is 1.36. The molecule has 146 valence electrons. The first kappa shape index (κ1) is 20.1. The average Bonchev–Trinajstić information content (AvgIpc) is 2.62. The summed E-state index contributed by atoms with van der Waals surface area (Å²) in [6, 6.07) is 9.50. The molecular formula is C21H21ClFN3O2. The van der Waals surface area contributed by atoms with Crippen LogP contribution in [0, 0.1) is 30.0 Å². The highest BCUT2D eigenvalue weighted by Gasteiger charge is 2.35. The molecule has 0 unspecified atom stereocenters. The van der Waals surface area contributed by atoms with Gasteiger partial charge in [0.2, 0.25) is 0 Å². The minimum Gasteiger partial charge on any atom is -0.493 e. The third kappa shape index (κ3) is 3.56. The van der Waals surface area contributed by atoms with E-state index in [1.54, 1.807) is 6.07 Å². The van der Waals surface area contributed by atoms with Crippen LogP contribution in [0.1, 0.15) is 21.5 Å². The van der Waals surface area contributed by atoms with E-state index in [9.17, 15) is 4.79 Å². The number of hydrogen-bond acceptors (Lipinski definition) is 4. The predicted molar refractivity (Wildman–Crippen MR) is 106 cm³/mol. The van der Waals surface area contributed by atoms with Gasteiger partial charge in [-0.15, -0.1) is 0 Å². The number of benzene rings is 2. The zero-order chi connectivity index (χ0) is 20.4. The molecule has 2 N–H and O–H groups in total. The monoisotopic (exact) mass is 401 g/mol. The predicted octanol–water partition coefficient (Wildman–Crippen LogP) is 3.56. The summed E-state index contributed by atoms with van der Waals surface area (Å²) in [4.78, 5) is 14.1. The molecule has 7 heteroatoms. The number of nitrogens with two attached hydrogens (primary N) is 1. The van der Waals surface area contributed by atoms with Crippen LogP contribution in [0.4, 0.5) is 4.39 Å². The van der Waals surface area contributed by atoms with Crippen LogP contribution in [0.15, 0.2) is 24.3 Å². The maximum Gasteiger partial charge on any atom is 0.258 e. The van der Waals surface area contributed by atoms with Crippen molar-refractivity contribution >= 4 is 17.5 Å². The maximum atomic E-state index is 15.3. The molecule has 1 amide bonds. The summed E-state index contributed by atoms with van der Waals surface area (Å²) in [6.07, 6.45) is 0.692. The van der Waals surface area contributed by atoms with Crippen molar-refractivity contribution < 1.29 is 13.9 Å². The first-order valence-electron chi connectivity index (χ1n) is 8.96. The van der Waals surface area contributed by atoms with Crippen LogP contribution < -0.4 is 10.5 Å². The molecule has 5 nitrogen and oxygen atoms in total. The Labute approximate surface area is 168 Å². The van der Waals surface area contributed by atoms with Crippen molar-refractivity contribution in [2.24, 2.45) is 11.7 Å². The number of ether oxygens (including phenoxy) is 1. The molecule has 0 aromatic heterocycles. The quantitative estimate of drug-likeness (QED) is 0.830. The van der Waals surface area contributed by atoms with Gasteiger partial charge in [-0.05, 0) is 42.6 Å². The van der Waals surface area contributed by atoms with E-state index in [1.165, 1.54) is 12.0 Å². The number of halogens is 2. The second kappa shape index (κ2) is 8.17. The lowest BCUT2D eigenvalue weighted by Crippen LogP contribution is -2.49. The van der Waals surface area contributed by atoms with Crippen LogP contribution in [-0.4, -0.2) is 37.6 Å². The van der Waals surface area contributed by atoms with Crippen LogP contribution in [-0.2, 0) is 6.42 Å². The fourth-order valence-electron chi connectivity index (χ4n) is 3.36. The lowest BCUT2D eigenvalue weighted by molar-refractivity contribution is 0.0572. The Morgan fingerprint density at radius 1 is 1.39 bits per heavy atom. The number of nitriles is 1. The lowest BCUT2D eigenvalue weighted by atomic mass is 9.94. The molecule has 0 spiro atoms. The fourth-order valence-corrected chi connectivity index (χ4v) is 3.64. The molecule has 2 aromatic carbocycles. The molecular weight excluding hydrogens is 381 g/mol. The number of carbonyl (C=O) groups is 1. The molecule has 1 saturated heterocycles. The Balaban J connectivity index is 2.07. The van der Waals surface area contributed by atoms with E-state index < -0.39 is 11.7 Å². The molecule has 0 radical (unpaired) electrons. The topological polar surface area (TPSA) is 79.3 Å². The smallest absolute Gasteiger partial charge is 0.258 e. The van der Waals surface area contributed by atoms with Crippen LogP contribution in [0.2, 0.25) is 5.02 Å². The van der Waals surface area contributed by atoms with Gasteiger partial charge in [-0.3, -0.25) is 4.79 Å². The summed E-state index contributed by atoms with van der Waals surface area (Å²) >= 11 is 6.33. The van der Waals surface area contributed by atoms with Crippen molar-refractivity contribution in [3.8, 4) is 22.9 Å². The van der Waals surface area contributed by atoms with E-state index in [0.717, 1.165) is 16.7 Å². The second-order valence-electron chi connectivity index (χ2n) is 6.85. The van der Waals surface area contributed by atoms with Gasteiger partial charge in [0.25, 0.3) is 5.91 Å². The zero-order valence-corrected chi connectivity index (χ0v) is 16.5. The molecule has 0 bridgehead atoms. The first-order chi connectivity index (χ1) is 13.4. The minimum absolute atomic E-state index is 0.0161. The SMILES string of the molecule is COc1c(-c2cc(CCN)ccc2C)cc(Cl)c(C(=O)N2CC(C#N)C2)c1F. The molecule has 0 aliphatic carbocycles. The third-order valence-corrected chi connectivity index (χ3v) is 5.27. The Morgan fingerprint density at radius 2 is 2.11 bits per heavy atom. The number of aryl methyl sites for hydroxylation is 1. The highest BCUT2D eigenvalue weighted by molar-refractivity contribution is 6.34. The number of nitrogens with zero attached hydrogens (tertiary/aromatic N) is 2. The molecule has 0 atom stereocenters. The third-order valence-electron chi connectivity index (χ3n) is 4.97. The van der Waals surface area contributed by atoms with Crippen LogP contribution in [0.5, 0.6) is 5.75 Å². The molecule has 2 aromatic rings. The molecule has 3 rings (SSSR count). The molecule has 28 heavy (non-hydrogen) atoms. The van der Waals surface area contributed by atoms with Gasteiger partial charge >= 0.3 is 0 Å². The molecule has 1 aliphatic rings. The number of methoxy groups -OCH3 is 1. The molecule has 1 aliphatic heterocycles. The van der Waals surface area contributed by atoms with Crippen LogP contribution in [0.3, 0.4) is 0 Å². The summed E-state index contributed by atoms with van der Waals surface area (Å²) in [5.74, 6) is -1.58. The van der Waals surface area contributed by atoms with Crippen molar-refractivity contribution in [1.29, 1.82) is 5.26 Å². The highest BCUT2D eigenvalue weighted by atomic mass is 35.5. The number of rotatable bonds is 5. The Morgan fingerprint density at radius 3 is 2.71 bits per heavy atom. The van der Waals surface area contributed by atoms with E-state index >= 15 is 4.39 Å². The normalized spacial score (nSPS) is 13.8. The highest BCUT2D eigenvalue weighted by Crippen LogP contribution is 2.40. The van der Waals surface area contributed by atoms with Gasteiger partial charge in [-0.1, -0.05) is 29.8 Å². The standard InChI is InChI=1S/C21H21ClFN3O2/c1-12-3-4-13(5-6-24)7-15(12)16-8-17(22)18(19(23)20(16)28-2)21(27)26-10-14(9-25)11-26/h3-4,7-8,14H,5-6,10-11,24H2,1-2H3. The Kier molecular flexibility index (Phi) is 5.87. The van der Waals surface area contributed by atoms with Gasteiger partial charge in [0.05, 0.1) is 29.7 Å². The Bertz CT molecular complexity index is 965. The fraction of sp³-hybridized carbons (Fsp3) is 0.333. The lowest BCUT2D eigenvalue weighted by Gasteiger charge is -2.35. The maximum absolute atomic E-state index is 15.3. The van der Waals surface area contributed by atoms with Crippen molar-refractivity contribution in [1.82, 2.24) is 4.90 Å². The number of carbonyl (C=O) groups excluding carboxylic acids is 1. The summed E-state index contributed by atoms with van der Waals surface area (Å²) in [5.41, 5.74) is 8.62. The average molecular weight is 402 g/mol. The second-order valence-corrected chi connectivity index (χ2v) is 7.26.